The van der Waals surface area contributed by atoms with Crippen LogP contribution in [0.1, 0.15) is 24.2 Å². The van der Waals surface area contributed by atoms with Crippen molar-refractivity contribution in [1.29, 1.82) is 0 Å². The van der Waals surface area contributed by atoms with Gasteiger partial charge < -0.3 is 19.9 Å². The fraction of sp³-hybridized carbons (Fsp3) is 0.296. The number of rotatable bonds is 7. The monoisotopic (exact) mass is 470 g/mol. The zero-order valence-electron chi connectivity index (χ0n) is 20.1. The average Bonchev–Trinajstić information content (AvgIpc) is 3.33. The topological polar surface area (TPSA) is 75.0 Å². The highest BCUT2D eigenvalue weighted by molar-refractivity contribution is 6.00. The number of anilines is 3. The van der Waals surface area contributed by atoms with Crippen molar-refractivity contribution in [3.05, 3.63) is 72.4 Å². The zero-order chi connectivity index (χ0) is 24.2. The normalized spacial score (nSPS) is 13.7. The molecule has 0 bridgehead atoms. The van der Waals surface area contributed by atoms with Crippen LogP contribution in [0, 0.1) is 0 Å². The number of aromatic nitrogens is 3. The lowest BCUT2D eigenvalue weighted by Gasteiger charge is -2.28. The summed E-state index contributed by atoms with van der Waals surface area (Å²) in [4.78, 5) is 21.8. The van der Waals surface area contributed by atoms with Crippen LogP contribution in [0.15, 0.2) is 66.9 Å². The van der Waals surface area contributed by atoms with E-state index >= 15 is 0 Å². The molecule has 0 atom stereocenters. The molecular weight excluding hydrogens is 440 g/mol. The summed E-state index contributed by atoms with van der Waals surface area (Å²) in [5.41, 5.74) is 5.32. The van der Waals surface area contributed by atoms with Crippen LogP contribution in [0.3, 0.4) is 0 Å². The fourth-order valence-electron chi connectivity index (χ4n) is 4.44. The maximum absolute atomic E-state index is 13.2. The first kappa shape index (κ1) is 22.9. The Labute approximate surface area is 205 Å². The van der Waals surface area contributed by atoms with Crippen molar-refractivity contribution in [1.82, 2.24) is 19.5 Å². The van der Waals surface area contributed by atoms with Gasteiger partial charge in [-0.3, -0.25) is 4.79 Å². The molecule has 1 aliphatic rings. The number of amides is 1. The van der Waals surface area contributed by atoms with Gasteiger partial charge in [-0.2, -0.15) is 0 Å². The third-order valence-corrected chi connectivity index (χ3v) is 6.38. The third-order valence-electron chi connectivity index (χ3n) is 6.38. The van der Waals surface area contributed by atoms with Crippen LogP contribution in [-0.2, 0) is 4.74 Å². The van der Waals surface area contributed by atoms with E-state index in [1.54, 1.807) is 6.20 Å². The van der Waals surface area contributed by atoms with Crippen molar-refractivity contribution in [3.63, 3.8) is 0 Å². The number of carbonyl (C=O) groups is 1. The van der Waals surface area contributed by atoms with E-state index in [4.69, 9.17) is 9.84 Å². The molecule has 1 saturated heterocycles. The first-order chi connectivity index (χ1) is 17.2. The lowest BCUT2D eigenvalue weighted by Crippen LogP contribution is -2.36. The molecule has 0 radical (unpaired) electrons. The van der Waals surface area contributed by atoms with Crippen LogP contribution >= 0.6 is 0 Å². The minimum Gasteiger partial charge on any atom is -0.378 e. The van der Waals surface area contributed by atoms with Crippen LogP contribution in [0.5, 0.6) is 0 Å². The van der Waals surface area contributed by atoms with E-state index < -0.39 is 0 Å². The van der Waals surface area contributed by atoms with Gasteiger partial charge in [-0.15, -0.1) is 5.10 Å². The Balaban J connectivity index is 1.43. The lowest BCUT2D eigenvalue weighted by molar-refractivity contribution is 0.0773. The van der Waals surface area contributed by atoms with Crippen LogP contribution in [0.4, 0.5) is 17.3 Å². The smallest absolute Gasteiger partial charge is 0.254 e. The van der Waals surface area contributed by atoms with E-state index in [-0.39, 0.29) is 5.91 Å². The number of carbonyl (C=O) groups excluding carboxylic acids is 1. The number of hydrogen-bond acceptors (Lipinski definition) is 6. The van der Waals surface area contributed by atoms with Crippen molar-refractivity contribution < 1.29 is 9.53 Å². The summed E-state index contributed by atoms with van der Waals surface area (Å²) in [6, 6.07) is 19.9. The van der Waals surface area contributed by atoms with Gasteiger partial charge in [0, 0.05) is 48.7 Å². The molecule has 8 nitrogen and oxygen atoms in total. The molecule has 1 aliphatic heterocycles. The molecule has 0 spiro atoms. The Morgan fingerprint density at radius 3 is 2.49 bits per heavy atom. The molecule has 2 aromatic carbocycles. The average molecular weight is 471 g/mol. The molecule has 0 aliphatic carbocycles. The van der Waals surface area contributed by atoms with Gasteiger partial charge in [0.25, 0.3) is 5.91 Å². The second-order valence-corrected chi connectivity index (χ2v) is 8.43. The van der Waals surface area contributed by atoms with Crippen molar-refractivity contribution in [2.75, 3.05) is 49.6 Å². The molecule has 2 aromatic heterocycles. The Morgan fingerprint density at radius 1 is 1.00 bits per heavy atom. The predicted octanol–water partition coefficient (Wildman–Crippen LogP) is 4.46. The lowest BCUT2D eigenvalue weighted by atomic mass is 10.0. The van der Waals surface area contributed by atoms with Gasteiger partial charge in [0.2, 0.25) is 5.95 Å². The molecule has 1 amide bonds. The second-order valence-electron chi connectivity index (χ2n) is 8.43. The standard InChI is InChI=1S/C27H30N6O2/c1-3-31(4-2)26(34)24-8-6-5-7-23(24)25-14-13-22-19-28-27(30-33(22)25)29-20-9-11-21(12-10-20)32-15-17-35-18-16-32/h5-14,19H,3-4,15-18H2,1-2H3,(H,29,30). The fourth-order valence-corrected chi connectivity index (χ4v) is 4.44. The van der Waals surface area contributed by atoms with E-state index in [0.717, 1.165) is 48.8 Å². The summed E-state index contributed by atoms with van der Waals surface area (Å²) in [7, 11) is 0. The van der Waals surface area contributed by atoms with E-state index in [0.29, 0.717) is 24.6 Å². The Hall–Kier alpha value is -3.91. The van der Waals surface area contributed by atoms with E-state index in [9.17, 15) is 4.79 Å². The van der Waals surface area contributed by atoms with Crippen molar-refractivity contribution in [3.8, 4) is 11.3 Å². The molecule has 3 heterocycles. The van der Waals surface area contributed by atoms with Gasteiger partial charge in [0.05, 0.1) is 30.6 Å². The number of hydrogen-bond donors (Lipinski definition) is 1. The first-order valence-electron chi connectivity index (χ1n) is 12.1. The highest BCUT2D eigenvalue weighted by Crippen LogP contribution is 2.27. The van der Waals surface area contributed by atoms with E-state index in [2.05, 4.69) is 27.3 Å². The van der Waals surface area contributed by atoms with Crippen LogP contribution in [0.2, 0.25) is 0 Å². The SMILES string of the molecule is CCN(CC)C(=O)c1ccccc1-c1ccc2cnc(Nc3ccc(N4CCOCC4)cc3)nn12. The molecule has 1 fully saturated rings. The predicted molar refractivity (Wildman–Crippen MR) is 138 cm³/mol. The number of nitrogens with one attached hydrogen (secondary N) is 1. The number of ether oxygens (including phenoxy) is 1. The summed E-state index contributed by atoms with van der Waals surface area (Å²) in [5.74, 6) is 0.509. The molecule has 4 aromatic rings. The second kappa shape index (κ2) is 10.1. The van der Waals surface area contributed by atoms with E-state index in [1.807, 2.05) is 71.8 Å². The molecule has 5 rings (SSSR count). The Morgan fingerprint density at radius 2 is 1.74 bits per heavy atom. The number of nitrogens with zero attached hydrogens (tertiary/aromatic N) is 5. The molecule has 0 unspecified atom stereocenters. The minimum atomic E-state index is 0.0216. The van der Waals surface area contributed by atoms with Gasteiger partial charge in [0.1, 0.15) is 0 Å². The van der Waals surface area contributed by atoms with Gasteiger partial charge >= 0.3 is 0 Å². The Kier molecular flexibility index (Phi) is 6.63. The Bertz CT molecular complexity index is 1310. The quantitative estimate of drug-likeness (QED) is 0.430. The van der Waals surface area contributed by atoms with Crippen molar-refractivity contribution >= 4 is 28.7 Å². The highest BCUT2D eigenvalue weighted by Gasteiger charge is 2.19. The molecule has 35 heavy (non-hydrogen) atoms. The van der Waals surface area contributed by atoms with Crippen LogP contribution in [0.25, 0.3) is 16.8 Å². The maximum atomic E-state index is 13.2. The summed E-state index contributed by atoms with van der Waals surface area (Å²) in [6.45, 7) is 8.65. The van der Waals surface area contributed by atoms with Crippen molar-refractivity contribution in [2.45, 2.75) is 13.8 Å². The zero-order valence-corrected chi connectivity index (χ0v) is 20.1. The minimum absolute atomic E-state index is 0.0216. The molecular formula is C27H30N6O2. The molecule has 8 heteroatoms. The molecule has 1 N–H and O–H groups in total. The highest BCUT2D eigenvalue weighted by atomic mass is 16.5. The van der Waals surface area contributed by atoms with Gasteiger partial charge in [-0.25, -0.2) is 9.50 Å². The molecule has 0 saturated carbocycles. The number of benzene rings is 2. The largest absolute Gasteiger partial charge is 0.378 e. The van der Waals surface area contributed by atoms with Crippen LogP contribution < -0.4 is 10.2 Å². The van der Waals surface area contributed by atoms with Gasteiger partial charge in [0.15, 0.2) is 0 Å². The number of fused-ring (bicyclic) bond motifs is 1. The summed E-state index contributed by atoms with van der Waals surface area (Å²) in [5, 5.41) is 8.05. The van der Waals surface area contributed by atoms with E-state index in [1.165, 1.54) is 5.69 Å². The molecule has 180 valence electrons. The summed E-state index contributed by atoms with van der Waals surface area (Å²) < 4.78 is 7.28. The van der Waals surface area contributed by atoms with Gasteiger partial charge in [-0.05, 0) is 56.3 Å². The third kappa shape index (κ3) is 4.70. The van der Waals surface area contributed by atoms with Crippen LogP contribution in [-0.4, -0.2) is 64.8 Å². The first-order valence-corrected chi connectivity index (χ1v) is 12.1. The van der Waals surface area contributed by atoms with Gasteiger partial charge in [-0.1, -0.05) is 18.2 Å². The maximum Gasteiger partial charge on any atom is 0.254 e. The summed E-state index contributed by atoms with van der Waals surface area (Å²) >= 11 is 0. The number of morpholine rings is 1. The summed E-state index contributed by atoms with van der Waals surface area (Å²) in [6.07, 6.45) is 1.79. The van der Waals surface area contributed by atoms with Crippen molar-refractivity contribution in [2.24, 2.45) is 0 Å².